The summed E-state index contributed by atoms with van der Waals surface area (Å²) in [7, 11) is 4.84. The fraction of sp³-hybridized carbons (Fsp3) is 0.286. The van der Waals surface area contributed by atoms with E-state index >= 15 is 0 Å². The predicted molar refractivity (Wildman–Crippen MR) is 79.6 cm³/mol. The zero-order valence-corrected chi connectivity index (χ0v) is 13.2. The third-order valence-electron chi connectivity index (χ3n) is 2.53. The van der Waals surface area contributed by atoms with Crippen LogP contribution in [0.2, 0.25) is 10.0 Å². The molecule has 1 aromatic rings. The average molecular weight is 316 g/mol. The largest absolute Gasteiger partial charge is 0.465 e. The van der Waals surface area contributed by atoms with Crippen LogP contribution in [0.1, 0.15) is 27.6 Å². The second kappa shape index (κ2) is 6.77. The number of benzene rings is 1. The molecule has 20 heavy (non-hydrogen) atoms. The molecule has 6 heteroatoms. The van der Waals surface area contributed by atoms with Crippen LogP contribution in [0.5, 0.6) is 0 Å². The summed E-state index contributed by atoms with van der Waals surface area (Å²) in [5, 5.41) is 0.194. The van der Waals surface area contributed by atoms with Crippen LogP contribution in [-0.4, -0.2) is 37.9 Å². The highest BCUT2D eigenvalue weighted by Gasteiger charge is 2.22. The van der Waals surface area contributed by atoms with Gasteiger partial charge in [0.2, 0.25) is 0 Å². The number of carbonyl (C=O) groups is 2. The van der Waals surface area contributed by atoms with Gasteiger partial charge >= 0.3 is 5.97 Å². The van der Waals surface area contributed by atoms with Gasteiger partial charge < -0.3 is 9.64 Å². The molecule has 0 aromatic heterocycles. The number of carbonyl (C=O) groups excluding carboxylic acids is 2. The van der Waals surface area contributed by atoms with E-state index in [1.807, 2.05) is 0 Å². The Morgan fingerprint density at radius 1 is 1.25 bits per heavy atom. The Morgan fingerprint density at radius 2 is 1.85 bits per heavy atom. The first-order chi connectivity index (χ1) is 9.29. The maximum Gasteiger partial charge on any atom is 0.339 e. The molecule has 0 aliphatic rings. The highest BCUT2D eigenvalue weighted by atomic mass is 35.5. The molecule has 0 fully saturated rings. The Kier molecular flexibility index (Phi) is 5.60. The highest BCUT2D eigenvalue weighted by molar-refractivity contribution is 6.42. The molecule has 0 N–H and O–H groups in total. The minimum absolute atomic E-state index is 0.000793. The second-order valence-electron chi connectivity index (χ2n) is 4.38. The lowest BCUT2D eigenvalue weighted by atomic mass is 10.0. The summed E-state index contributed by atoms with van der Waals surface area (Å²) in [6, 6.07) is 2.88. The third kappa shape index (κ3) is 3.52. The summed E-state index contributed by atoms with van der Waals surface area (Å²) >= 11 is 12.1. The lowest BCUT2D eigenvalue weighted by molar-refractivity contribution is 0.0601. The summed E-state index contributed by atoms with van der Waals surface area (Å²) in [4.78, 5) is 25.7. The monoisotopic (exact) mass is 315 g/mol. The molecule has 0 aliphatic heterocycles. The van der Waals surface area contributed by atoms with Gasteiger partial charge in [-0.05, 0) is 19.1 Å². The summed E-state index contributed by atoms with van der Waals surface area (Å²) in [6.45, 7) is 1.65. The molecule has 0 heterocycles. The number of allylic oxidation sites excluding steroid dienone is 1. The van der Waals surface area contributed by atoms with E-state index in [-0.39, 0.29) is 27.0 Å². The van der Waals surface area contributed by atoms with Crippen molar-refractivity contribution in [3.63, 3.8) is 0 Å². The average Bonchev–Trinajstić information content (AvgIpc) is 2.37. The number of methoxy groups -OCH3 is 1. The molecule has 0 radical (unpaired) electrons. The van der Waals surface area contributed by atoms with Gasteiger partial charge in [0, 0.05) is 25.9 Å². The van der Waals surface area contributed by atoms with Crippen molar-refractivity contribution >= 4 is 35.0 Å². The van der Waals surface area contributed by atoms with E-state index in [0.29, 0.717) is 5.57 Å². The normalized spacial score (nSPS) is 11.2. The number of hydrogen-bond acceptors (Lipinski definition) is 4. The Balaban J connectivity index is 3.38. The molecule has 0 unspecified atom stereocenters. The Labute approximate surface area is 127 Å². The van der Waals surface area contributed by atoms with Gasteiger partial charge in [-0.1, -0.05) is 23.2 Å². The minimum Gasteiger partial charge on any atom is -0.465 e. The number of esters is 1. The van der Waals surface area contributed by atoms with Crippen LogP contribution in [0.4, 0.5) is 0 Å². The minimum atomic E-state index is -0.616. The fourth-order valence-corrected chi connectivity index (χ4v) is 2.29. The Morgan fingerprint density at radius 3 is 2.35 bits per heavy atom. The molecule has 0 aliphatic carbocycles. The van der Waals surface area contributed by atoms with Crippen LogP contribution in [0.3, 0.4) is 0 Å². The first-order valence-electron chi connectivity index (χ1n) is 5.75. The van der Waals surface area contributed by atoms with Crippen molar-refractivity contribution in [2.24, 2.45) is 0 Å². The van der Waals surface area contributed by atoms with Crippen molar-refractivity contribution in [1.29, 1.82) is 0 Å². The van der Waals surface area contributed by atoms with Crippen molar-refractivity contribution in [2.75, 3.05) is 21.2 Å². The van der Waals surface area contributed by atoms with E-state index in [0.717, 1.165) is 0 Å². The van der Waals surface area contributed by atoms with Gasteiger partial charge in [-0.15, -0.1) is 0 Å². The van der Waals surface area contributed by atoms with Crippen molar-refractivity contribution in [1.82, 2.24) is 4.90 Å². The third-order valence-corrected chi connectivity index (χ3v) is 3.24. The summed E-state index contributed by atoms with van der Waals surface area (Å²) in [5.74, 6) is -0.950. The van der Waals surface area contributed by atoms with E-state index in [1.54, 1.807) is 32.1 Å². The summed E-state index contributed by atoms with van der Waals surface area (Å²) in [6.07, 6.45) is 1.65. The summed E-state index contributed by atoms with van der Waals surface area (Å²) < 4.78 is 4.62. The van der Waals surface area contributed by atoms with Gasteiger partial charge in [0.25, 0.3) is 0 Å². The molecule has 0 saturated heterocycles. The number of halogens is 2. The molecule has 1 aromatic carbocycles. The molecule has 0 amide bonds. The standard InChI is InChI=1S/C14H15Cl2NO3/c1-8(7-17(2)3)13(18)11-10(15)6-5-9(12(11)16)14(19)20-4/h5-7H,1-4H3/b8-7+. The number of rotatable bonds is 4. The highest BCUT2D eigenvalue weighted by Crippen LogP contribution is 2.30. The number of ketones is 1. The molecular weight excluding hydrogens is 301 g/mol. The topological polar surface area (TPSA) is 46.6 Å². The van der Waals surface area contributed by atoms with Crippen LogP contribution in [0, 0.1) is 0 Å². The van der Waals surface area contributed by atoms with E-state index in [1.165, 1.54) is 19.2 Å². The van der Waals surface area contributed by atoms with Crippen LogP contribution in [0.15, 0.2) is 23.9 Å². The maximum atomic E-state index is 12.4. The maximum absolute atomic E-state index is 12.4. The molecular formula is C14H15Cl2NO3. The number of ether oxygens (including phenoxy) is 1. The lowest BCUT2D eigenvalue weighted by Crippen LogP contribution is -2.11. The van der Waals surface area contributed by atoms with Crippen molar-refractivity contribution in [3.05, 3.63) is 45.1 Å². The van der Waals surface area contributed by atoms with Crippen LogP contribution in [-0.2, 0) is 4.74 Å². The number of nitrogens with zero attached hydrogens (tertiary/aromatic N) is 1. The van der Waals surface area contributed by atoms with Gasteiger partial charge in [0.05, 0.1) is 28.3 Å². The molecule has 108 valence electrons. The fourth-order valence-electron chi connectivity index (χ4n) is 1.67. The summed E-state index contributed by atoms with van der Waals surface area (Å²) in [5.41, 5.74) is 0.673. The number of hydrogen-bond donors (Lipinski definition) is 0. The van der Waals surface area contributed by atoms with E-state index in [2.05, 4.69) is 4.74 Å². The Bertz CT molecular complexity index is 580. The number of Topliss-reactive ketones (excluding diaryl/α,β-unsaturated/α-hetero) is 1. The van der Waals surface area contributed by atoms with Crippen molar-refractivity contribution < 1.29 is 14.3 Å². The van der Waals surface area contributed by atoms with E-state index < -0.39 is 5.97 Å². The zero-order chi connectivity index (χ0) is 15.4. The second-order valence-corrected chi connectivity index (χ2v) is 5.17. The predicted octanol–water partition coefficient (Wildman–Crippen LogP) is 3.43. The molecule has 0 atom stereocenters. The van der Waals surface area contributed by atoms with E-state index in [9.17, 15) is 9.59 Å². The first kappa shape index (κ1) is 16.5. The Hall–Kier alpha value is -1.52. The van der Waals surface area contributed by atoms with Crippen molar-refractivity contribution in [2.45, 2.75) is 6.92 Å². The van der Waals surface area contributed by atoms with Gasteiger partial charge in [0.1, 0.15) is 0 Å². The molecule has 0 saturated carbocycles. The molecule has 4 nitrogen and oxygen atoms in total. The van der Waals surface area contributed by atoms with Gasteiger partial charge in [-0.2, -0.15) is 0 Å². The molecule has 1 rings (SSSR count). The smallest absolute Gasteiger partial charge is 0.339 e. The van der Waals surface area contributed by atoms with Crippen molar-refractivity contribution in [3.8, 4) is 0 Å². The quantitative estimate of drug-likeness (QED) is 0.485. The van der Waals surface area contributed by atoms with Crippen LogP contribution in [0.25, 0.3) is 0 Å². The SMILES string of the molecule is COC(=O)c1ccc(Cl)c(C(=O)/C(C)=C/N(C)C)c1Cl. The van der Waals surface area contributed by atoms with Crippen LogP contribution < -0.4 is 0 Å². The van der Waals surface area contributed by atoms with Gasteiger partial charge in [0.15, 0.2) is 5.78 Å². The zero-order valence-electron chi connectivity index (χ0n) is 11.7. The van der Waals surface area contributed by atoms with E-state index in [4.69, 9.17) is 23.2 Å². The lowest BCUT2D eigenvalue weighted by Gasteiger charge is -2.12. The van der Waals surface area contributed by atoms with Crippen LogP contribution >= 0.6 is 23.2 Å². The molecule has 0 bridgehead atoms. The van der Waals surface area contributed by atoms with Gasteiger partial charge in [-0.3, -0.25) is 4.79 Å². The van der Waals surface area contributed by atoms with Gasteiger partial charge in [-0.25, -0.2) is 4.79 Å². The molecule has 0 spiro atoms. The first-order valence-corrected chi connectivity index (χ1v) is 6.51.